The highest BCUT2D eigenvalue weighted by Gasteiger charge is 2.50. The molecule has 3 heterocycles. The van der Waals surface area contributed by atoms with Crippen molar-refractivity contribution in [2.24, 2.45) is 10.7 Å². The van der Waals surface area contributed by atoms with E-state index in [1.807, 2.05) is 0 Å². The first-order valence-corrected chi connectivity index (χ1v) is 10.9. The van der Waals surface area contributed by atoms with Crippen molar-refractivity contribution in [3.8, 4) is 22.9 Å². The molecule has 1 unspecified atom stereocenters. The highest BCUT2D eigenvalue weighted by molar-refractivity contribution is 6.09. The molecule has 35 heavy (non-hydrogen) atoms. The minimum absolute atomic E-state index is 0.0476. The van der Waals surface area contributed by atoms with Crippen LogP contribution < -0.4 is 10.5 Å². The number of halogens is 2. The molecule has 10 heteroatoms. The lowest BCUT2D eigenvalue weighted by atomic mass is 9.81. The number of likely N-dealkylation sites (N-methyl/N-ethyl adjacent to an activating group) is 1. The van der Waals surface area contributed by atoms with Crippen molar-refractivity contribution < 1.29 is 18.3 Å². The first-order chi connectivity index (χ1) is 16.8. The molecule has 2 aliphatic rings. The van der Waals surface area contributed by atoms with Gasteiger partial charge in [0.1, 0.15) is 17.5 Å². The fourth-order valence-corrected chi connectivity index (χ4v) is 4.06. The van der Waals surface area contributed by atoms with E-state index in [2.05, 4.69) is 21.0 Å². The number of alkyl halides is 2. The van der Waals surface area contributed by atoms with E-state index >= 15 is 0 Å². The van der Waals surface area contributed by atoms with E-state index in [1.54, 1.807) is 30.5 Å². The zero-order chi connectivity index (χ0) is 24.7. The summed E-state index contributed by atoms with van der Waals surface area (Å²) in [4.78, 5) is 27.2. The number of rotatable bonds is 6. The molecule has 1 fully saturated rings. The second-order valence-corrected chi connectivity index (χ2v) is 8.45. The molecule has 1 atom stereocenters. The average Bonchev–Trinajstić information content (AvgIpc) is 3.66. The van der Waals surface area contributed by atoms with Crippen molar-refractivity contribution in [2.75, 3.05) is 7.05 Å². The SMILES string of the molecule is CN1C(=O)C(c2cc(OC3CC3)cc(-c3cncc(C#N)c3)c2)(c2ccnc(C(F)F)c2)N=C1N. The van der Waals surface area contributed by atoms with Crippen LogP contribution in [0, 0.1) is 11.3 Å². The Morgan fingerprint density at radius 1 is 1.17 bits per heavy atom. The topological polar surface area (TPSA) is 117 Å². The van der Waals surface area contributed by atoms with Gasteiger partial charge < -0.3 is 10.5 Å². The van der Waals surface area contributed by atoms with E-state index in [4.69, 9.17) is 10.5 Å². The Morgan fingerprint density at radius 3 is 2.63 bits per heavy atom. The zero-order valence-electron chi connectivity index (χ0n) is 18.7. The van der Waals surface area contributed by atoms with Gasteiger partial charge in [-0.05, 0) is 65.9 Å². The lowest BCUT2D eigenvalue weighted by Crippen LogP contribution is -2.41. The summed E-state index contributed by atoms with van der Waals surface area (Å²) in [5.74, 6) is -0.0607. The van der Waals surface area contributed by atoms with Crippen LogP contribution in [-0.2, 0) is 10.3 Å². The number of nitriles is 1. The number of hydrogen-bond donors (Lipinski definition) is 1. The summed E-state index contributed by atoms with van der Waals surface area (Å²) in [5.41, 5.74) is 6.06. The Morgan fingerprint density at radius 2 is 1.97 bits per heavy atom. The van der Waals surface area contributed by atoms with Gasteiger partial charge in [-0.2, -0.15) is 5.26 Å². The number of hydrogen-bond acceptors (Lipinski definition) is 7. The quantitative estimate of drug-likeness (QED) is 0.584. The van der Waals surface area contributed by atoms with E-state index in [0.717, 1.165) is 12.8 Å². The maximum absolute atomic E-state index is 13.6. The number of nitrogens with two attached hydrogens (primary N) is 1. The van der Waals surface area contributed by atoms with Crippen LogP contribution in [0.4, 0.5) is 8.78 Å². The van der Waals surface area contributed by atoms with Crippen molar-refractivity contribution in [3.05, 3.63) is 77.4 Å². The Kier molecular flexibility index (Phi) is 5.40. The van der Waals surface area contributed by atoms with Crippen LogP contribution in [0.2, 0.25) is 0 Å². The van der Waals surface area contributed by atoms with Gasteiger partial charge in [-0.25, -0.2) is 13.8 Å². The minimum atomic E-state index is -2.83. The maximum atomic E-state index is 13.6. The van der Waals surface area contributed by atoms with E-state index in [9.17, 15) is 18.8 Å². The lowest BCUT2D eigenvalue weighted by molar-refractivity contribution is -0.129. The van der Waals surface area contributed by atoms with Crippen LogP contribution in [0.5, 0.6) is 5.75 Å². The van der Waals surface area contributed by atoms with Crippen LogP contribution >= 0.6 is 0 Å². The van der Waals surface area contributed by atoms with Crippen LogP contribution in [0.25, 0.3) is 11.1 Å². The van der Waals surface area contributed by atoms with Crippen molar-refractivity contribution in [1.82, 2.24) is 14.9 Å². The molecule has 1 aromatic carbocycles. The highest BCUT2D eigenvalue weighted by atomic mass is 19.3. The van der Waals surface area contributed by atoms with Gasteiger partial charge in [0.2, 0.25) is 0 Å². The summed E-state index contributed by atoms with van der Waals surface area (Å²) in [6, 6.07) is 11.6. The summed E-state index contributed by atoms with van der Waals surface area (Å²) in [6.07, 6.45) is 3.30. The van der Waals surface area contributed by atoms with Crippen LogP contribution in [0.1, 0.15) is 41.7 Å². The molecule has 8 nitrogen and oxygen atoms in total. The second kappa shape index (κ2) is 8.43. The third-order valence-corrected chi connectivity index (χ3v) is 6.01. The molecule has 0 radical (unpaired) electrons. The third kappa shape index (κ3) is 3.95. The van der Waals surface area contributed by atoms with Gasteiger partial charge in [0, 0.05) is 31.2 Å². The van der Waals surface area contributed by atoms with Crippen LogP contribution in [0.15, 0.2) is 60.0 Å². The fraction of sp³-hybridized carbons (Fsp3) is 0.240. The summed E-state index contributed by atoms with van der Waals surface area (Å²) in [5, 5.41) is 9.31. The molecule has 1 saturated carbocycles. The van der Waals surface area contributed by atoms with E-state index in [-0.39, 0.29) is 17.6 Å². The summed E-state index contributed by atoms with van der Waals surface area (Å²) in [7, 11) is 1.48. The number of benzene rings is 1. The number of pyridine rings is 2. The van der Waals surface area contributed by atoms with Gasteiger partial charge in [0.15, 0.2) is 11.5 Å². The standard InChI is InChI=1S/C25H20F2N6O2/c1-33-23(34)25(32-24(33)29,17-4-5-31-21(10-17)22(26)27)18-7-15(8-20(9-18)35-19-2-3-19)16-6-14(11-28)12-30-13-16/h4-10,12-13,19,22H,2-3H2,1H3,(H2,29,32). The molecule has 2 N–H and O–H groups in total. The number of carbonyl (C=O) groups excluding carboxylic acids is 1. The van der Waals surface area contributed by atoms with E-state index in [1.165, 1.54) is 36.5 Å². The van der Waals surface area contributed by atoms with Gasteiger partial charge in [-0.15, -0.1) is 0 Å². The molecular weight excluding hydrogens is 454 g/mol. The Bertz CT molecular complexity index is 1400. The first-order valence-electron chi connectivity index (χ1n) is 10.9. The summed E-state index contributed by atoms with van der Waals surface area (Å²) < 4.78 is 33.1. The molecule has 1 aliphatic heterocycles. The Labute approximate surface area is 199 Å². The number of ether oxygens (including phenoxy) is 1. The summed E-state index contributed by atoms with van der Waals surface area (Å²) >= 11 is 0. The number of aromatic nitrogens is 2. The van der Waals surface area contributed by atoms with Gasteiger partial charge in [-0.3, -0.25) is 19.7 Å². The molecule has 5 rings (SSSR count). The van der Waals surface area contributed by atoms with Crippen molar-refractivity contribution in [3.63, 3.8) is 0 Å². The maximum Gasteiger partial charge on any atom is 0.280 e. The van der Waals surface area contributed by atoms with Crippen molar-refractivity contribution in [1.29, 1.82) is 5.26 Å². The number of nitrogens with zero attached hydrogens (tertiary/aromatic N) is 5. The molecule has 0 bridgehead atoms. The Balaban J connectivity index is 1.76. The zero-order valence-corrected chi connectivity index (χ0v) is 18.7. The molecule has 2 aromatic heterocycles. The minimum Gasteiger partial charge on any atom is -0.490 e. The number of aliphatic imine (C=N–C) groups is 1. The van der Waals surface area contributed by atoms with Crippen LogP contribution in [-0.4, -0.2) is 39.9 Å². The van der Waals surface area contributed by atoms with Crippen LogP contribution in [0.3, 0.4) is 0 Å². The van der Waals surface area contributed by atoms with Gasteiger partial charge in [-0.1, -0.05) is 0 Å². The normalized spacial score (nSPS) is 19.6. The second-order valence-electron chi connectivity index (χ2n) is 8.45. The van der Waals surface area contributed by atoms with Gasteiger partial charge in [0.05, 0.1) is 11.7 Å². The van der Waals surface area contributed by atoms with Gasteiger partial charge >= 0.3 is 0 Å². The van der Waals surface area contributed by atoms with Gasteiger partial charge in [0.25, 0.3) is 12.3 Å². The molecule has 0 spiro atoms. The highest BCUT2D eigenvalue weighted by Crippen LogP contribution is 2.43. The summed E-state index contributed by atoms with van der Waals surface area (Å²) in [6.45, 7) is 0. The molecular formula is C25H20F2N6O2. The number of guanidine groups is 1. The third-order valence-electron chi connectivity index (χ3n) is 6.01. The molecule has 3 aromatic rings. The van der Waals surface area contributed by atoms with Crippen molar-refractivity contribution in [2.45, 2.75) is 30.9 Å². The monoisotopic (exact) mass is 474 g/mol. The largest absolute Gasteiger partial charge is 0.490 e. The fourth-order valence-electron chi connectivity index (χ4n) is 4.06. The average molecular weight is 474 g/mol. The number of amides is 1. The van der Waals surface area contributed by atoms with E-state index < -0.39 is 23.6 Å². The van der Waals surface area contributed by atoms with Crippen molar-refractivity contribution >= 4 is 11.9 Å². The molecule has 0 saturated heterocycles. The molecule has 1 aliphatic carbocycles. The Hall–Kier alpha value is -4.39. The predicted molar refractivity (Wildman–Crippen MR) is 122 cm³/mol. The lowest BCUT2D eigenvalue weighted by Gasteiger charge is -2.27. The smallest absolute Gasteiger partial charge is 0.280 e. The first kappa shape index (κ1) is 22.4. The molecule has 1 amide bonds. The number of carbonyl (C=O) groups is 1. The van der Waals surface area contributed by atoms with E-state index in [0.29, 0.717) is 28.0 Å². The predicted octanol–water partition coefficient (Wildman–Crippen LogP) is 3.52. The molecule has 176 valence electrons.